The fourth-order valence-electron chi connectivity index (χ4n) is 9.53. The van der Waals surface area contributed by atoms with Gasteiger partial charge in [-0.3, -0.25) is 9.78 Å². The lowest BCUT2D eigenvalue weighted by atomic mass is 9.43. The second kappa shape index (κ2) is 9.78. The van der Waals surface area contributed by atoms with E-state index in [4.69, 9.17) is 0 Å². The van der Waals surface area contributed by atoms with E-state index >= 15 is 0 Å². The first-order chi connectivity index (χ1) is 16.7. The second-order valence-electron chi connectivity index (χ2n) is 13.1. The molecule has 5 nitrogen and oxygen atoms in total. The van der Waals surface area contributed by atoms with Gasteiger partial charge in [-0.2, -0.15) is 0 Å². The van der Waals surface area contributed by atoms with E-state index < -0.39 is 0 Å². The van der Waals surface area contributed by atoms with Crippen molar-refractivity contribution in [2.75, 3.05) is 0 Å². The molecular formula is C30H46N2O3. The number of aliphatic hydroxyl groups excluding tert-OH is 2. The predicted molar refractivity (Wildman–Crippen MR) is 137 cm³/mol. The van der Waals surface area contributed by atoms with Crippen LogP contribution in [-0.2, 0) is 11.3 Å². The van der Waals surface area contributed by atoms with Crippen molar-refractivity contribution in [3.8, 4) is 0 Å². The zero-order valence-electron chi connectivity index (χ0n) is 22.0. The summed E-state index contributed by atoms with van der Waals surface area (Å²) in [5.74, 6) is 3.34. The van der Waals surface area contributed by atoms with E-state index in [0.717, 1.165) is 37.7 Å². The summed E-state index contributed by atoms with van der Waals surface area (Å²) in [6.45, 7) is 7.92. The van der Waals surface area contributed by atoms with Gasteiger partial charge in [-0.05, 0) is 122 Å². The molecule has 1 heterocycles. The molecule has 4 saturated carbocycles. The first-order valence-electron chi connectivity index (χ1n) is 14.2. The van der Waals surface area contributed by atoms with Gasteiger partial charge in [-0.1, -0.05) is 20.8 Å². The zero-order chi connectivity index (χ0) is 24.8. The zero-order valence-corrected chi connectivity index (χ0v) is 22.0. The summed E-state index contributed by atoms with van der Waals surface area (Å²) in [6, 6.07) is 3.88. The fourth-order valence-corrected chi connectivity index (χ4v) is 9.53. The molecule has 0 saturated heterocycles. The van der Waals surface area contributed by atoms with Gasteiger partial charge in [0.1, 0.15) is 0 Å². The van der Waals surface area contributed by atoms with E-state index in [0.29, 0.717) is 48.5 Å². The number of rotatable bonds is 6. The molecule has 4 aliphatic carbocycles. The van der Waals surface area contributed by atoms with Crippen molar-refractivity contribution in [3.05, 3.63) is 30.1 Å². The predicted octanol–water partition coefficient (Wildman–Crippen LogP) is 5.10. The lowest BCUT2D eigenvalue weighted by molar-refractivity contribution is -0.174. The molecular weight excluding hydrogens is 436 g/mol. The van der Waals surface area contributed by atoms with Crippen LogP contribution in [0, 0.1) is 46.3 Å². The molecule has 0 aromatic carbocycles. The van der Waals surface area contributed by atoms with Crippen molar-refractivity contribution in [1.82, 2.24) is 10.3 Å². The molecule has 194 valence electrons. The van der Waals surface area contributed by atoms with Gasteiger partial charge in [0.15, 0.2) is 0 Å². The Balaban J connectivity index is 1.21. The summed E-state index contributed by atoms with van der Waals surface area (Å²) in [7, 11) is 0. The number of carbonyl (C=O) groups excluding carboxylic acids is 1. The second-order valence-corrected chi connectivity index (χ2v) is 13.1. The molecule has 0 radical (unpaired) electrons. The Kier molecular flexibility index (Phi) is 7.04. The molecule has 4 aliphatic rings. The molecule has 0 spiro atoms. The highest BCUT2D eigenvalue weighted by molar-refractivity contribution is 5.75. The first-order valence-corrected chi connectivity index (χ1v) is 14.2. The van der Waals surface area contributed by atoms with Crippen LogP contribution in [0.3, 0.4) is 0 Å². The normalized spacial score (nSPS) is 43.5. The lowest BCUT2D eigenvalue weighted by Gasteiger charge is -2.62. The Morgan fingerprint density at radius 3 is 2.54 bits per heavy atom. The highest BCUT2D eigenvalue weighted by Crippen LogP contribution is 2.68. The number of carbonyl (C=O) groups is 1. The SMILES string of the molecule is C[C@H](CCC(=O)NCc1ccncc1)[C@@H]1CC[C@@H]2[C@H]3[C@@H](CC[C@@]21C)[C@@]1(C)CC[C@@H](O)C[C@@H]1C[C@@H]3O. The number of nitrogens with zero attached hydrogens (tertiary/aromatic N) is 1. The number of pyridine rings is 1. The molecule has 3 N–H and O–H groups in total. The van der Waals surface area contributed by atoms with Crippen LogP contribution in [0.1, 0.15) is 90.5 Å². The number of hydrogen-bond acceptors (Lipinski definition) is 4. The van der Waals surface area contributed by atoms with Crippen LogP contribution in [0.4, 0.5) is 0 Å². The number of nitrogens with one attached hydrogen (secondary N) is 1. The van der Waals surface area contributed by atoms with Gasteiger partial charge in [0.2, 0.25) is 5.91 Å². The minimum absolute atomic E-state index is 0.137. The maximum atomic E-state index is 12.5. The third-order valence-electron chi connectivity index (χ3n) is 11.5. The lowest BCUT2D eigenvalue weighted by Crippen LogP contribution is -2.58. The monoisotopic (exact) mass is 482 g/mol. The Labute approximate surface area is 211 Å². The number of aromatic nitrogens is 1. The van der Waals surface area contributed by atoms with Gasteiger partial charge in [-0.25, -0.2) is 0 Å². The number of amides is 1. The van der Waals surface area contributed by atoms with Crippen molar-refractivity contribution in [2.24, 2.45) is 46.3 Å². The van der Waals surface area contributed by atoms with Crippen LogP contribution >= 0.6 is 0 Å². The molecule has 1 aromatic rings. The van der Waals surface area contributed by atoms with E-state index in [9.17, 15) is 15.0 Å². The molecule has 4 fully saturated rings. The standard InChI is InChI=1S/C30H46N2O3/c1-19(4-7-27(35)32-18-20-10-14-31-15-11-20)23-5-6-24-28-25(9-13-30(23,24)3)29(2)12-8-22(33)16-21(29)17-26(28)34/h10-11,14-15,19,21-26,28,33-34H,4-9,12-13,16-18H2,1-3H3,(H,32,35)/t19-,21-,22-,23+,24-,25-,26+,28+,29+,30-/m1/s1. The third kappa shape index (κ3) is 4.56. The van der Waals surface area contributed by atoms with Gasteiger partial charge < -0.3 is 15.5 Å². The molecule has 1 aromatic heterocycles. The van der Waals surface area contributed by atoms with Crippen molar-refractivity contribution >= 4 is 5.91 Å². The quantitative estimate of drug-likeness (QED) is 0.527. The van der Waals surface area contributed by atoms with Crippen LogP contribution in [0.5, 0.6) is 0 Å². The van der Waals surface area contributed by atoms with E-state index in [-0.39, 0.29) is 28.9 Å². The van der Waals surface area contributed by atoms with Crippen LogP contribution < -0.4 is 5.32 Å². The van der Waals surface area contributed by atoms with E-state index in [2.05, 4.69) is 31.1 Å². The summed E-state index contributed by atoms with van der Waals surface area (Å²) in [4.78, 5) is 16.6. The van der Waals surface area contributed by atoms with Crippen molar-refractivity contribution < 1.29 is 15.0 Å². The van der Waals surface area contributed by atoms with Crippen LogP contribution in [0.15, 0.2) is 24.5 Å². The first kappa shape index (κ1) is 25.2. The van der Waals surface area contributed by atoms with Crippen LogP contribution in [0.25, 0.3) is 0 Å². The Morgan fingerprint density at radius 2 is 1.77 bits per heavy atom. The molecule has 1 amide bonds. The number of aliphatic hydroxyl groups is 2. The average molecular weight is 483 g/mol. The van der Waals surface area contributed by atoms with Gasteiger partial charge in [-0.15, -0.1) is 0 Å². The summed E-state index contributed by atoms with van der Waals surface area (Å²) in [5.41, 5.74) is 1.63. The highest BCUT2D eigenvalue weighted by atomic mass is 16.3. The van der Waals surface area contributed by atoms with Crippen LogP contribution in [-0.4, -0.2) is 33.3 Å². The van der Waals surface area contributed by atoms with Crippen molar-refractivity contribution in [1.29, 1.82) is 0 Å². The highest BCUT2D eigenvalue weighted by Gasteiger charge is 2.62. The molecule has 0 aliphatic heterocycles. The minimum Gasteiger partial charge on any atom is -0.393 e. The number of hydrogen-bond donors (Lipinski definition) is 3. The molecule has 35 heavy (non-hydrogen) atoms. The minimum atomic E-state index is -0.221. The summed E-state index contributed by atoms with van der Waals surface area (Å²) >= 11 is 0. The molecule has 5 rings (SSSR count). The molecule has 0 unspecified atom stereocenters. The summed E-state index contributed by atoms with van der Waals surface area (Å²) in [6.07, 6.45) is 13.4. The largest absolute Gasteiger partial charge is 0.393 e. The fraction of sp³-hybridized carbons (Fsp3) is 0.800. The number of fused-ring (bicyclic) bond motifs is 5. The van der Waals surface area contributed by atoms with E-state index in [1.165, 1.54) is 25.7 Å². The average Bonchev–Trinajstić information content (AvgIpc) is 3.20. The maximum absolute atomic E-state index is 12.5. The Bertz CT molecular complexity index is 893. The topological polar surface area (TPSA) is 82.5 Å². The molecule has 10 atom stereocenters. The van der Waals surface area contributed by atoms with Crippen molar-refractivity contribution in [3.63, 3.8) is 0 Å². The van der Waals surface area contributed by atoms with Gasteiger partial charge in [0.25, 0.3) is 0 Å². The van der Waals surface area contributed by atoms with Gasteiger partial charge in [0, 0.05) is 25.4 Å². The van der Waals surface area contributed by atoms with E-state index in [1.54, 1.807) is 12.4 Å². The third-order valence-corrected chi connectivity index (χ3v) is 11.5. The van der Waals surface area contributed by atoms with Crippen LogP contribution in [0.2, 0.25) is 0 Å². The molecule has 0 bridgehead atoms. The summed E-state index contributed by atoms with van der Waals surface area (Å²) in [5, 5.41) is 24.8. The van der Waals surface area contributed by atoms with Crippen molar-refractivity contribution in [2.45, 2.75) is 104 Å². The summed E-state index contributed by atoms with van der Waals surface area (Å²) < 4.78 is 0. The van der Waals surface area contributed by atoms with Gasteiger partial charge >= 0.3 is 0 Å². The van der Waals surface area contributed by atoms with Gasteiger partial charge in [0.05, 0.1) is 12.2 Å². The molecule has 5 heteroatoms. The maximum Gasteiger partial charge on any atom is 0.220 e. The van der Waals surface area contributed by atoms with E-state index in [1.807, 2.05) is 12.1 Å². The Morgan fingerprint density at radius 1 is 1.06 bits per heavy atom. The smallest absolute Gasteiger partial charge is 0.220 e. The Hall–Kier alpha value is -1.46.